The zero-order chi connectivity index (χ0) is 34.9. The van der Waals surface area contributed by atoms with Crippen LogP contribution >= 0.6 is 0 Å². The van der Waals surface area contributed by atoms with Gasteiger partial charge in [-0.1, -0.05) is 119 Å². The van der Waals surface area contributed by atoms with Crippen LogP contribution in [-0.2, 0) is 44.2 Å². The fourth-order valence-electron chi connectivity index (χ4n) is 7.44. The van der Waals surface area contributed by atoms with Crippen molar-refractivity contribution in [3.8, 4) is 0 Å². The third kappa shape index (κ3) is 8.90. The molecule has 2 fully saturated rings. The first-order chi connectivity index (χ1) is 23.7. The molecule has 0 aromatic heterocycles. The van der Waals surface area contributed by atoms with Gasteiger partial charge in [-0.25, -0.2) is 0 Å². The number of hydrogen-bond acceptors (Lipinski definition) is 8. The van der Waals surface area contributed by atoms with Gasteiger partial charge in [-0.15, -0.1) is 0 Å². The van der Waals surface area contributed by atoms with Gasteiger partial charge in [-0.05, 0) is 27.4 Å². The summed E-state index contributed by atoms with van der Waals surface area (Å²) < 4.78 is 50.6. The minimum atomic E-state index is -2.68. The first-order valence-electron chi connectivity index (χ1n) is 17.6. The van der Waals surface area contributed by atoms with E-state index in [1.165, 1.54) is 10.4 Å². The molecular formula is C40H56O8Si. The summed E-state index contributed by atoms with van der Waals surface area (Å²) in [5, 5.41) is 2.42. The van der Waals surface area contributed by atoms with E-state index >= 15 is 0 Å². The van der Waals surface area contributed by atoms with Gasteiger partial charge in [0.15, 0.2) is 6.29 Å². The lowest BCUT2D eigenvalue weighted by atomic mass is 9.89. The average molecular weight is 693 g/mol. The lowest BCUT2D eigenvalue weighted by Gasteiger charge is -2.46. The smallest absolute Gasteiger partial charge is 0.261 e. The number of benzene rings is 3. The van der Waals surface area contributed by atoms with Crippen molar-refractivity contribution in [2.75, 3.05) is 41.2 Å². The highest BCUT2D eigenvalue weighted by molar-refractivity contribution is 6.99. The molecule has 9 heteroatoms. The summed E-state index contributed by atoms with van der Waals surface area (Å²) in [5.41, 5.74) is 1.13. The van der Waals surface area contributed by atoms with Crippen molar-refractivity contribution < 1.29 is 37.6 Å². The van der Waals surface area contributed by atoms with Crippen LogP contribution in [0.25, 0.3) is 0 Å². The van der Waals surface area contributed by atoms with Crippen molar-refractivity contribution in [1.29, 1.82) is 0 Å². The molecule has 5 rings (SSSR count). The molecule has 0 spiro atoms. The zero-order valence-electron chi connectivity index (χ0n) is 30.3. The van der Waals surface area contributed by atoms with E-state index in [0.717, 1.165) is 12.0 Å². The minimum Gasteiger partial charge on any atom is -0.407 e. The Morgan fingerprint density at radius 1 is 0.755 bits per heavy atom. The van der Waals surface area contributed by atoms with E-state index in [1.54, 1.807) is 21.3 Å². The van der Waals surface area contributed by atoms with Crippen molar-refractivity contribution in [3.63, 3.8) is 0 Å². The van der Waals surface area contributed by atoms with Gasteiger partial charge in [0.1, 0.15) is 18.3 Å². The molecule has 2 saturated heterocycles. The predicted molar refractivity (Wildman–Crippen MR) is 194 cm³/mol. The van der Waals surface area contributed by atoms with E-state index in [0.29, 0.717) is 32.8 Å². The van der Waals surface area contributed by atoms with Crippen LogP contribution in [0.15, 0.2) is 91.0 Å². The van der Waals surface area contributed by atoms with Crippen LogP contribution in [0.4, 0.5) is 0 Å². The first kappa shape index (κ1) is 37.8. The first-order valence-corrected chi connectivity index (χ1v) is 19.5. The Morgan fingerprint density at radius 2 is 1.35 bits per heavy atom. The summed E-state index contributed by atoms with van der Waals surface area (Å²) in [5.74, 6) is 0.0480. The number of rotatable bonds is 15. The molecule has 0 aliphatic carbocycles. The van der Waals surface area contributed by atoms with Gasteiger partial charge < -0.3 is 37.6 Å². The molecule has 49 heavy (non-hydrogen) atoms. The average Bonchev–Trinajstić information content (AvgIpc) is 3.12. The Labute approximate surface area is 294 Å². The molecule has 3 aromatic carbocycles. The minimum absolute atomic E-state index is 0.0480. The molecule has 0 amide bonds. The standard InChI is InChI=1S/C40H56O8Si/c1-29-34(48-39-38(43-7)37(42-6)36(41-5)28-45-39)25-31(47-35(29)27-44-26-30-17-11-8-12-18-30)23-24-46-49(40(2,3)4,32-19-13-9-14-20-32)33-21-15-10-16-22-33/h8-22,29,31,34-39H,23-28H2,1-7H3/t29-,31-,34+,35+,36-,37+,38-,39-/m1/s1. The van der Waals surface area contributed by atoms with Gasteiger partial charge in [0, 0.05) is 40.3 Å². The van der Waals surface area contributed by atoms with Crippen LogP contribution in [0.1, 0.15) is 46.1 Å². The summed E-state index contributed by atoms with van der Waals surface area (Å²) in [6.45, 7) is 11.0. The van der Waals surface area contributed by atoms with Gasteiger partial charge in [0.05, 0.1) is 38.1 Å². The second-order valence-electron chi connectivity index (χ2n) is 14.2. The SMILES string of the molecule is CO[C@@H]1[C@@H](OC)[C@@H](O[C@H]2C[C@@H](CCO[Si](c3ccccc3)(c3ccccc3)C(C)(C)C)O[C@@H](COCc3ccccc3)[C@@H]2C)OC[C@H]1OC. The van der Waals surface area contributed by atoms with Crippen LogP contribution in [0.5, 0.6) is 0 Å². The largest absolute Gasteiger partial charge is 0.407 e. The van der Waals surface area contributed by atoms with Crippen LogP contribution in [0.2, 0.25) is 5.04 Å². The van der Waals surface area contributed by atoms with E-state index in [-0.39, 0.29) is 41.5 Å². The lowest BCUT2D eigenvalue weighted by molar-refractivity contribution is -0.309. The van der Waals surface area contributed by atoms with E-state index in [2.05, 4.69) is 100 Å². The van der Waals surface area contributed by atoms with Crippen molar-refractivity contribution >= 4 is 18.7 Å². The monoisotopic (exact) mass is 692 g/mol. The third-order valence-electron chi connectivity index (χ3n) is 10.1. The fraction of sp³-hybridized carbons (Fsp3) is 0.550. The molecule has 2 aliphatic rings. The van der Waals surface area contributed by atoms with E-state index in [4.69, 9.17) is 37.6 Å². The number of ether oxygens (including phenoxy) is 7. The molecular weight excluding hydrogens is 637 g/mol. The maximum Gasteiger partial charge on any atom is 0.261 e. The number of hydrogen-bond donors (Lipinski definition) is 0. The van der Waals surface area contributed by atoms with Crippen molar-refractivity contribution in [3.05, 3.63) is 96.6 Å². The Kier molecular flexibility index (Phi) is 13.6. The summed E-state index contributed by atoms with van der Waals surface area (Å²) in [4.78, 5) is 0. The zero-order valence-corrected chi connectivity index (χ0v) is 31.3. The van der Waals surface area contributed by atoms with Crippen molar-refractivity contribution in [2.45, 2.75) is 95.1 Å². The maximum atomic E-state index is 7.25. The van der Waals surface area contributed by atoms with Gasteiger partial charge in [-0.3, -0.25) is 0 Å². The molecule has 0 saturated carbocycles. The van der Waals surface area contributed by atoms with Crippen molar-refractivity contribution in [1.82, 2.24) is 0 Å². The van der Waals surface area contributed by atoms with Crippen LogP contribution in [-0.4, -0.2) is 92.4 Å². The van der Waals surface area contributed by atoms with Gasteiger partial charge >= 0.3 is 0 Å². The van der Waals surface area contributed by atoms with E-state index < -0.39 is 20.7 Å². The highest BCUT2D eigenvalue weighted by Crippen LogP contribution is 2.38. The molecule has 0 bridgehead atoms. The van der Waals surface area contributed by atoms with E-state index in [1.807, 2.05) is 18.2 Å². The Bertz CT molecular complexity index is 1330. The fourth-order valence-corrected chi connectivity index (χ4v) is 12.0. The molecule has 0 radical (unpaired) electrons. The summed E-state index contributed by atoms with van der Waals surface area (Å²) in [6, 6.07) is 31.7. The molecule has 8 atom stereocenters. The molecule has 0 unspecified atom stereocenters. The Hall–Kier alpha value is -2.44. The third-order valence-corrected chi connectivity index (χ3v) is 15.2. The molecule has 2 heterocycles. The lowest BCUT2D eigenvalue weighted by Crippen LogP contribution is -2.66. The molecule has 2 aliphatic heterocycles. The molecule has 0 N–H and O–H groups in total. The summed E-state index contributed by atoms with van der Waals surface area (Å²) in [7, 11) is 2.31. The van der Waals surface area contributed by atoms with Crippen molar-refractivity contribution in [2.24, 2.45) is 5.92 Å². The van der Waals surface area contributed by atoms with Crippen LogP contribution < -0.4 is 10.4 Å². The Balaban J connectivity index is 1.35. The molecule has 3 aromatic rings. The highest BCUT2D eigenvalue weighted by atomic mass is 28.4. The van der Waals surface area contributed by atoms with Gasteiger partial charge in [0.2, 0.25) is 0 Å². The Morgan fingerprint density at radius 3 is 1.90 bits per heavy atom. The van der Waals surface area contributed by atoms with Gasteiger partial charge in [0.25, 0.3) is 8.32 Å². The summed E-state index contributed by atoms with van der Waals surface area (Å²) in [6.07, 6.45) is -0.613. The quantitative estimate of drug-likeness (QED) is 0.187. The molecule has 268 valence electrons. The topological polar surface area (TPSA) is 73.8 Å². The van der Waals surface area contributed by atoms with Crippen LogP contribution in [0.3, 0.4) is 0 Å². The summed E-state index contributed by atoms with van der Waals surface area (Å²) >= 11 is 0. The number of methoxy groups -OCH3 is 3. The van der Waals surface area contributed by atoms with Gasteiger partial charge in [-0.2, -0.15) is 0 Å². The second-order valence-corrected chi connectivity index (χ2v) is 18.5. The molecule has 8 nitrogen and oxygen atoms in total. The van der Waals surface area contributed by atoms with Crippen LogP contribution in [0, 0.1) is 5.92 Å². The predicted octanol–water partition coefficient (Wildman–Crippen LogP) is 5.75. The normalized spacial score (nSPS) is 28.0. The second kappa shape index (κ2) is 17.7. The highest BCUT2D eigenvalue weighted by Gasteiger charge is 2.50. The maximum absolute atomic E-state index is 7.25. The van der Waals surface area contributed by atoms with E-state index in [9.17, 15) is 0 Å².